The van der Waals surface area contributed by atoms with E-state index in [1.54, 1.807) is 0 Å². The summed E-state index contributed by atoms with van der Waals surface area (Å²) < 4.78 is 41.3. The molecule has 1 saturated carbocycles. The van der Waals surface area contributed by atoms with Gasteiger partial charge in [-0.15, -0.1) is 0 Å². The summed E-state index contributed by atoms with van der Waals surface area (Å²) in [5, 5.41) is 0.0880. The van der Waals surface area contributed by atoms with E-state index >= 15 is 0 Å². The van der Waals surface area contributed by atoms with Gasteiger partial charge in [0.1, 0.15) is 0 Å². The highest BCUT2D eigenvalue weighted by atomic mass is 32.2. The maximum absolute atomic E-state index is 13.8. The molecule has 0 N–H and O–H groups in total. The normalized spacial score (nSPS) is 34.1. The third-order valence-corrected chi connectivity index (χ3v) is 5.81. The molecule has 1 heterocycles. The van der Waals surface area contributed by atoms with E-state index in [9.17, 15) is 18.0 Å². The number of hydrogen-bond acceptors (Lipinski definition) is 2. The van der Waals surface area contributed by atoms with Crippen LogP contribution >= 0.6 is 11.9 Å². The smallest absolute Gasteiger partial charge is 0.242 e. The molecule has 3 aliphatic rings. The zero-order valence-corrected chi connectivity index (χ0v) is 11.0. The Balaban J connectivity index is 1.72. The van der Waals surface area contributed by atoms with Crippen molar-refractivity contribution in [1.82, 2.24) is 0 Å². The lowest BCUT2D eigenvalue weighted by Gasteiger charge is -2.18. The molecule has 2 nitrogen and oxygen atoms in total. The molecule has 0 spiro atoms. The van der Waals surface area contributed by atoms with Crippen LogP contribution in [0.3, 0.4) is 0 Å². The molecule has 1 aromatic rings. The van der Waals surface area contributed by atoms with E-state index in [0.29, 0.717) is 5.92 Å². The number of carbonyl (C=O) groups excluding carboxylic acids is 1. The lowest BCUT2D eigenvalue weighted by atomic mass is 9.92. The highest BCUT2D eigenvalue weighted by molar-refractivity contribution is 8.02. The number of nitrogens with zero attached hydrogens (tertiary/aromatic N) is 1. The summed E-state index contributed by atoms with van der Waals surface area (Å²) >= 11 is 1.24. The molecular weight excluding hydrogens is 287 g/mol. The summed E-state index contributed by atoms with van der Waals surface area (Å²) in [4.78, 5) is 12.4. The number of rotatable bonds is 1. The van der Waals surface area contributed by atoms with Crippen LogP contribution in [0.15, 0.2) is 24.3 Å². The van der Waals surface area contributed by atoms with Crippen LogP contribution in [0.4, 0.5) is 18.9 Å². The predicted molar refractivity (Wildman–Crippen MR) is 69.4 cm³/mol. The minimum Gasteiger partial charge on any atom is -0.273 e. The van der Waals surface area contributed by atoms with E-state index in [-0.39, 0.29) is 28.7 Å². The molecule has 1 saturated heterocycles. The van der Waals surface area contributed by atoms with Gasteiger partial charge in [-0.05, 0) is 42.3 Å². The fourth-order valence-electron chi connectivity index (χ4n) is 3.40. The van der Waals surface area contributed by atoms with Crippen molar-refractivity contribution >= 4 is 23.5 Å². The predicted octanol–water partition coefficient (Wildman–Crippen LogP) is 3.29. The summed E-state index contributed by atoms with van der Waals surface area (Å²) in [5.41, 5.74) is -0.187. The molecule has 0 unspecified atom stereocenters. The zero-order chi connectivity index (χ0) is 14.0. The van der Waals surface area contributed by atoms with Crippen molar-refractivity contribution in [1.29, 1.82) is 0 Å². The second-order valence-electron chi connectivity index (χ2n) is 5.37. The molecule has 104 valence electrons. The number of hydrogen-bond donors (Lipinski definition) is 0. The van der Waals surface area contributed by atoms with E-state index in [1.807, 2.05) is 6.08 Å². The fraction of sp³-hybridized carbons (Fsp3) is 0.357. The largest absolute Gasteiger partial charge is 0.273 e. The first-order chi connectivity index (χ1) is 9.58. The van der Waals surface area contributed by atoms with Crippen molar-refractivity contribution in [3.63, 3.8) is 0 Å². The second-order valence-corrected chi connectivity index (χ2v) is 6.49. The molecule has 4 atom stereocenters. The van der Waals surface area contributed by atoms with Gasteiger partial charge in [0, 0.05) is 5.25 Å². The lowest BCUT2D eigenvalue weighted by Crippen LogP contribution is -2.28. The van der Waals surface area contributed by atoms with Crippen LogP contribution in [0.5, 0.6) is 0 Å². The molecule has 1 aliphatic heterocycles. The van der Waals surface area contributed by atoms with Crippen molar-refractivity contribution in [2.45, 2.75) is 11.7 Å². The Hall–Kier alpha value is -1.43. The minimum atomic E-state index is -1.53. The first-order valence-corrected chi connectivity index (χ1v) is 7.24. The van der Waals surface area contributed by atoms with Gasteiger partial charge in [0.25, 0.3) is 0 Å². The maximum Gasteiger partial charge on any atom is 0.242 e. The van der Waals surface area contributed by atoms with Crippen LogP contribution in [0.2, 0.25) is 0 Å². The summed E-state index contributed by atoms with van der Waals surface area (Å²) in [5.74, 6) is -3.94. The van der Waals surface area contributed by atoms with Crippen LogP contribution < -0.4 is 4.31 Å². The van der Waals surface area contributed by atoms with Crippen molar-refractivity contribution in [2.24, 2.45) is 17.8 Å². The molecule has 1 amide bonds. The van der Waals surface area contributed by atoms with Crippen molar-refractivity contribution in [2.75, 3.05) is 4.31 Å². The molecule has 0 aromatic heterocycles. The number of allylic oxidation sites excluding steroid dienone is 2. The number of carbonyl (C=O) groups is 1. The van der Waals surface area contributed by atoms with Gasteiger partial charge in [0.15, 0.2) is 17.5 Å². The van der Waals surface area contributed by atoms with E-state index in [2.05, 4.69) is 6.08 Å². The van der Waals surface area contributed by atoms with Gasteiger partial charge < -0.3 is 0 Å². The van der Waals surface area contributed by atoms with Crippen LogP contribution in [0.1, 0.15) is 6.42 Å². The summed E-state index contributed by atoms with van der Waals surface area (Å²) in [6.07, 6.45) is 5.09. The summed E-state index contributed by atoms with van der Waals surface area (Å²) in [7, 11) is 0. The Bertz CT molecular complexity index is 648. The molecule has 20 heavy (non-hydrogen) atoms. The molecule has 1 aromatic carbocycles. The van der Waals surface area contributed by atoms with E-state index in [1.165, 1.54) is 16.3 Å². The zero-order valence-electron chi connectivity index (χ0n) is 10.2. The van der Waals surface area contributed by atoms with Gasteiger partial charge >= 0.3 is 0 Å². The van der Waals surface area contributed by atoms with E-state index in [4.69, 9.17) is 0 Å². The SMILES string of the molecule is O=C1[C@@H]2[C@H](SN1c1ccc(F)c(F)c1F)[C@@H]1C=C[C@H]2C1. The number of benzene rings is 1. The van der Waals surface area contributed by atoms with Gasteiger partial charge in [-0.1, -0.05) is 12.2 Å². The van der Waals surface area contributed by atoms with Crippen molar-refractivity contribution < 1.29 is 18.0 Å². The van der Waals surface area contributed by atoms with Crippen molar-refractivity contribution in [3.05, 3.63) is 41.7 Å². The topological polar surface area (TPSA) is 20.3 Å². The molecule has 2 fully saturated rings. The molecule has 6 heteroatoms. The van der Waals surface area contributed by atoms with Gasteiger partial charge in [-0.25, -0.2) is 13.2 Å². The lowest BCUT2D eigenvalue weighted by molar-refractivity contribution is -0.120. The summed E-state index contributed by atoms with van der Waals surface area (Å²) in [6.45, 7) is 0. The molecular formula is C14H10F3NOS. The van der Waals surface area contributed by atoms with Crippen LogP contribution in [-0.2, 0) is 4.79 Å². The van der Waals surface area contributed by atoms with Crippen LogP contribution in [-0.4, -0.2) is 11.2 Å². The first-order valence-electron chi connectivity index (χ1n) is 6.40. The monoisotopic (exact) mass is 297 g/mol. The van der Waals surface area contributed by atoms with E-state index in [0.717, 1.165) is 18.6 Å². The van der Waals surface area contributed by atoms with Gasteiger partial charge in [0.2, 0.25) is 5.91 Å². The van der Waals surface area contributed by atoms with E-state index < -0.39 is 17.5 Å². The Labute approximate surface area is 117 Å². The Morgan fingerprint density at radius 1 is 1.10 bits per heavy atom. The van der Waals surface area contributed by atoms with Gasteiger partial charge in [-0.2, -0.15) is 0 Å². The highest BCUT2D eigenvalue weighted by Gasteiger charge is 2.56. The standard InChI is InChI=1S/C14H10F3NOS/c15-8-3-4-9(12(17)11(8)16)18-14(19)10-6-1-2-7(5-6)13(10)20-18/h1-4,6-7,10,13H,5H2/t6-,7+,10-,13+/m0/s1. The molecule has 0 radical (unpaired) electrons. The Morgan fingerprint density at radius 2 is 1.85 bits per heavy atom. The van der Waals surface area contributed by atoms with Gasteiger partial charge in [-0.3, -0.25) is 9.10 Å². The highest BCUT2D eigenvalue weighted by Crippen LogP contribution is 2.56. The number of amides is 1. The molecule has 2 aliphatic carbocycles. The minimum absolute atomic E-state index is 0.0880. The van der Waals surface area contributed by atoms with Crippen LogP contribution in [0, 0.1) is 35.2 Å². The first kappa shape index (κ1) is 12.3. The fourth-order valence-corrected chi connectivity index (χ4v) is 4.93. The number of fused-ring (bicyclic) bond motifs is 5. The van der Waals surface area contributed by atoms with Crippen LogP contribution in [0.25, 0.3) is 0 Å². The average Bonchev–Trinajstić information content (AvgIpc) is 3.10. The van der Waals surface area contributed by atoms with Gasteiger partial charge in [0.05, 0.1) is 11.6 Å². The molecule has 2 bridgehead atoms. The second kappa shape index (κ2) is 4.04. The summed E-state index contributed by atoms with van der Waals surface area (Å²) in [6, 6.07) is 1.97. The number of halogens is 3. The average molecular weight is 297 g/mol. The third-order valence-electron chi connectivity index (χ3n) is 4.33. The maximum atomic E-state index is 13.8. The quantitative estimate of drug-likeness (QED) is 0.450. The third kappa shape index (κ3) is 1.45. The molecule has 4 rings (SSSR count). The van der Waals surface area contributed by atoms with Crippen molar-refractivity contribution in [3.8, 4) is 0 Å². The number of anilines is 1. The Kier molecular flexibility index (Phi) is 2.49. The Morgan fingerprint density at radius 3 is 2.60 bits per heavy atom.